The van der Waals surface area contributed by atoms with Gasteiger partial charge in [-0.3, -0.25) is 4.72 Å². The molecule has 0 aromatic carbocycles. The summed E-state index contributed by atoms with van der Waals surface area (Å²) in [6.45, 7) is 1.91. The molecule has 0 amide bonds. The van der Waals surface area contributed by atoms with Crippen LogP contribution in [0.1, 0.15) is 17.4 Å². The third kappa shape index (κ3) is 3.86. The maximum atomic E-state index is 12.4. The minimum Gasteiger partial charge on any atom is -0.461 e. The number of rotatable bonds is 6. The average Bonchev–Trinajstić information content (AvgIpc) is 3.25. The summed E-state index contributed by atoms with van der Waals surface area (Å²) in [6.07, 6.45) is 1.49. The van der Waals surface area contributed by atoms with Crippen LogP contribution in [-0.4, -0.2) is 31.1 Å². The Morgan fingerprint density at radius 1 is 1.32 bits per heavy atom. The fourth-order valence-electron chi connectivity index (χ4n) is 1.90. The van der Waals surface area contributed by atoms with E-state index in [0.29, 0.717) is 4.88 Å². The second-order valence-corrected chi connectivity index (χ2v) is 7.73. The molecule has 3 heterocycles. The highest BCUT2D eigenvalue weighted by molar-refractivity contribution is 7.94. The van der Waals surface area contributed by atoms with Crippen molar-refractivity contribution in [2.45, 2.75) is 11.1 Å². The zero-order valence-electron chi connectivity index (χ0n) is 13.0. The highest BCUT2D eigenvalue weighted by Crippen LogP contribution is 2.32. The SMILES string of the molecule is CCOC(=O)c1cc(-c2ccc(S(=O)(=O)Nc3ccccn3)s2)on1. The van der Waals surface area contributed by atoms with Crippen LogP contribution in [-0.2, 0) is 14.8 Å². The van der Waals surface area contributed by atoms with Crippen LogP contribution in [0.5, 0.6) is 0 Å². The molecule has 0 unspecified atom stereocenters. The number of thiophene rings is 1. The molecule has 0 fully saturated rings. The van der Waals surface area contributed by atoms with Gasteiger partial charge in [-0.1, -0.05) is 11.2 Å². The van der Waals surface area contributed by atoms with Crippen LogP contribution in [0.15, 0.2) is 51.3 Å². The van der Waals surface area contributed by atoms with Crippen molar-refractivity contribution in [1.29, 1.82) is 0 Å². The van der Waals surface area contributed by atoms with Gasteiger partial charge >= 0.3 is 5.97 Å². The number of hydrogen-bond donors (Lipinski definition) is 1. The summed E-state index contributed by atoms with van der Waals surface area (Å²) >= 11 is 0.986. The number of nitrogens with one attached hydrogen (secondary N) is 1. The van der Waals surface area contributed by atoms with Crippen LogP contribution >= 0.6 is 11.3 Å². The number of esters is 1. The Morgan fingerprint density at radius 2 is 2.16 bits per heavy atom. The summed E-state index contributed by atoms with van der Waals surface area (Å²) in [5.41, 5.74) is 0.0290. The van der Waals surface area contributed by atoms with Gasteiger partial charge in [-0.05, 0) is 31.2 Å². The Bertz CT molecular complexity index is 980. The van der Waals surface area contributed by atoms with Crippen molar-refractivity contribution in [1.82, 2.24) is 10.1 Å². The quantitative estimate of drug-likeness (QED) is 0.655. The fourth-order valence-corrected chi connectivity index (χ4v) is 4.16. The lowest BCUT2D eigenvalue weighted by Gasteiger charge is -2.04. The van der Waals surface area contributed by atoms with Crippen molar-refractivity contribution < 1.29 is 22.5 Å². The fraction of sp³-hybridized carbons (Fsp3) is 0.133. The highest BCUT2D eigenvalue weighted by Gasteiger charge is 2.21. The molecule has 0 spiro atoms. The maximum Gasteiger partial charge on any atom is 0.360 e. The molecule has 0 aliphatic rings. The lowest BCUT2D eigenvalue weighted by atomic mass is 10.3. The van der Waals surface area contributed by atoms with E-state index in [2.05, 4.69) is 14.9 Å². The Morgan fingerprint density at radius 3 is 2.88 bits per heavy atom. The standard InChI is InChI=1S/C15H13N3O5S2/c1-2-22-15(19)10-9-11(23-17-10)12-6-7-14(24-12)25(20,21)18-13-5-3-4-8-16-13/h3-9H,2H2,1H3,(H,16,18). The average molecular weight is 379 g/mol. The lowest BCUT2D eigenvalue weighted by Crippen LogP contribution is -2.12. The summed E-state index contributed by atoms with van der Waals surface area (Å²) in [4.78, 5) is 16.0. The van der Waals surface area contributed by atoms with Crippen LogP contribution in [0, 0.1) is 0 Å². The number of sulfonamides is 1. The van der Waals surface area contributed by atoms with E-state index in [-0.39, 0.29) is 28.1 Å². The van der Waals surface area contributed by atoms with Gasteiger partial charge in [0.05, 0.1) is 11.5 Å². The number of ether oxygens (including phenoxy) is 1. The van der Waals surface area contributed by atoms with Gasteiger partial charge < -0.3 is 9.26 Å². The molecule has 0 bridgehead atoms. The summed E-state index contributed by atoms with van der Waals surface area (Å²) in [7, 11) is -3.77. The van der Waals surface area contributed by atoms with Crippen LogP contribution in [0.2, 0.25) is 0 Å². The van der Waals surface area contributed by atoms with E-state index in [9.17, 15) is 13.2 Å². The van der Waals surface area contributed by atoms with Crippen molar-refractivity contribution in [2.24, 2.45) is 0 Å². The molecule has 1 N–H and O–H groups in total. The molecular formula is C15H13N3O5S2. The van der Waals surface area contributed by atoms with Gasteiger partial charge in [0, 0.05) is 12.3 Å². The van der Waals surface area contributed by atoms with Crippen molar-refractivity contribution >= 4 is 33.1 Å². The van der Waals surface area contributed by atoms with Crippen LogP contribution < -0.4 is 4.72 Å². The van der Waals surface area contributed by atoms with Crippen molar-refractivity contribution in [3.8, 4) is 10.6 Å². The Labute approximate surface area is 147 Å². The van der Waals surface area contributed by atoms with Crippen molar-refractivity contribution in [3.63, 3.8) is 0 Å². The van der Waals surface area contributed by atoms with Crippen LogP contribution in [0.4, 0.5) is 5.82 Å². The molecule has 0 saturated heterocycles. The molecule has 3 aromatic heterocycles. The molecule has 10 heteroatoms. The summed E-state index contributed by atoms with van der Waals surface area (Å²) in [6, 6.07) is 9.34. The van der Waals surface area contributed by atoms with Crippen molar-refractivity contribution in [2.75, 3.05) is 11.3 Å². The van der Waals surface area contributed by atoms with Crippen molar-refractivity contribution in [3.05, 3.63) is 48.3 Å². The molecule has 3 rings (SSSR count). The predicted molar refractivity (Wildman–Crippen MR) is 90.8 cm³/mol. The minimum absolute atomic E-state index is 0.0290. The van der Waals surface area contributed by atoms with E-state index in [1.54, 1.807) is 31.2 Å². The third-order valence-electron chi connectivity index (χ3n) is 2.99. The van der Waals surface area contributed by atoms with Gasteiger partial charge in [0.15, 0.2) is 11.5 Å². The van der Waals surface area contributed by atoms with E-state index in [1.807, 2.05) is 0 Å². The van der Waals surface area contributed by atoms with E-state index in [1.165, 1.54) is 18.3 Å². The number of anilines is 1. The maximum absolute atomic E-state index is 12.4. The van der Waals surface area contributed by atoms with Gasteiger partial charge in [0.25, 0.3) is 10.0 Å². The molecule has 130 valence electrons. The first-order valence-corrected chi connectivity index (χ1v) is 9.47. The summed E-state index contributed by atoms with van der Waals surface area (Å²) in [5.74, 6) is -0.0900. The first-order valence-electron chi connectivity index (χ1n) is 7.17. The molecule has 25 heavy (non-hydrogen) atoms. The first-order chi connectivity index (χ1) is 12.0. The molecule has 0 saturated carbocycles. The Hall–Kier alpha value is -2.72. The van der Waals surface area contributed by atoms with E-state index in [0.717, 1.165) is 11.3 Å². The van der Waals surface area contributed by atoms with E-state index < -0.39 is 16.0 Å². The van der Waals surface area contributed by atoms with Gasteiger partial charge in [0.2, 0.25) is 0 Å². The second-order valence-electron chi connectivity index (χ2n) is 4.74. The Kier molecular flexibility index (Phi) is 4.81. The van der Waals surface area contributed by atoms with Crippen LogP contribution in [0.3, 0.4) is 0 Å². The first kappa shape index (κ1) is 17.1. The van der Waals surface area contributed by atoms with E-state index >= 15 is 0 Å². The van der Waals surface area contributed by atoms with E-state index in [4.69, 9.17) is 9.26 Å². The molecule has 3 aromatic rings. The summed E-state index contributed by atoms with van der Waals surface area (Å²) in [5, 5.41) is 3.63. The smallest absolute Gasteiger partial charge is 0.360 e. The molecular weight excluding hydrogens is 366 g/mol. The minimum atomic E-state index is -3.77. The third-order valence-corrected chi connectivity index (χ3v) is 5.93. The number of aromatic nitrogens is 2. The van der Waals surface area contributed by atoms with Crippen LogP contribution in [0.25, 0.3) is 10.6 Å². The Balaban J connectivity index is 1.81. The lowest BCUT2D eigenvalue weighted by molar-refractivity contribution is 0.0514. The summed E-state index contributed by atoms with van der Waals surface area (Å²) < 4.78 is 37.2. The van der Waals surface area contributed by atoms with Gasteiger partial charge in [-0.15, -0.1) is 11.3 Å². The zero-order chi connectivity index (χ0) is 17.9. The zero-order valence-corrected chi connectivity index (χ0v) is 14.6. The molecule has 0 atom stereocenters. The number of hydrogen-bond acceptors (Lipinski definition) is 8. The molecule has 0 radical (unpaired) electrons. The molecule has 8 nitrogen and oxygen atoms in total. The topological polar surface area (TPSA) is 111 Å². The second kappa shape index (κ2) is 7.03. The number of carbonyl (C=O) groups is 1. The largest absolute Gasteiger partial charge is 0.461 e. The van der Waals surface area contributed by atoms with Gasteiger partial charge in [-0.25, -0.2) is 18.2 Å². The van der Waals surface area contributed by atoms with Gasteiger partial charge in [0.1, 0.15) is 10.0 Å². The normalized spacial score (nSPS) is 11.2. The number of pyridine rings is 1. The van der Waals surface area contributed by atoms with Gasteiger partial charge in [-0.2, -0.15) is 0 Å². The molecule has 0 aliphatic heterocycles. The number of nitrogens with zero attached hydrogens (tertiary/aromatic N) is 2. The molecule has 0 aliphatic carbocycles. The number of carbonyl (C=O) groups excluding carboxylic acids is 1. The highest BCUT2D eigenvalue weighted by atomic mass is 32.2. The predicted octanol–water partition coefficient (Wildman–Crippen LogP) is 2.78. The monoisotopic (exact) mass is 379 g/mol.